The third kappa shape index (κ3) is 4.65. The molecule has 5 nitrogen and oxygen atoms in total. The van der Waals surface area contributed by atoms with Crippen molar-refractivity contribution < 1.29 is 14.7 Å². The number of carboxylic acid groups (broad SMARTS) is 1. The molecule has 0 spiro atoms. The van der Waals surface area contributed by atoms with Gasteiger partial charge >= 0.3 is 12.0 Å². The van der Waals surface area contributed by atoms with Gasteiger partial charge in [-0.1, -0.05) is 37.5 Å². The minimum atomic E-state index is -1.09. The highest BCUT2D eigenvalue weighted by molar-refractivity contribution is 5.96. The molecule has 0 aliphatic carbocycles. The minimum absolute atomic E-state index is 0.396. The number of hydrogen-bond donors (Lipinski definition) is 2. The molecule has 0 saturated carbocycles. The summed E-state index contributed by atoms with van der Waals surface area (Å²) in [6.07, 6.45) is 6.83. The van der Waals surface area contributed by atoms with E-state index < -0.39 is 24.6 Å². The molecule has 0 aromatic heterocycles. The summed E-state index contributed by atoms with van der Waals surface area (Å²) in [4.78, 5) is 24.2. The first-order chi connectivity index (χ1) is 9.58. The molecule has 0 bridgehead atoms. The first kappa shape index (κ1) is 15.6. The van der Waals surface area contributed by atoms with Crippen molar-refractivity contribution in [1.82, 2.24) is 5.32 Å². The van der Waals surface area contributed by atoms with Gasteiger partial charge < -0.3 is 10.4 Å². The van der Waals surface area contributed by atoms with Crippen molar-refractivity contribution in [2.75, 3.05) is 11.4 Å². The number of carboxylic acids is 1. The second kappa shape index (κ2) is 7.85. The number of carbonyl (C=O) groups is 2. The number of rotatable bonds is 6. The molecule has 1 aromatic rings. The normalized spacial score (nSPS) is 11.2. The Morgan fingerprint density at radius 3 is 2.55 bits per heavy atom. The third-order valence-electron chi connectivity index (χ3n) is 2.68. The maximum absolute atomic E-state index is 12.2. The van der Waals surface area contributed by atoms with Crippen LogP contribution in [0.1, 0.15) is 19.8 Å². The van der Waals surface area contributed by atoms with E-state index >= 15 is 0 Å². The number of hydrogen-bond acceptors (Lipinski definition) is 2. The molecule has 0 aliphatic rings. The van der Waals surface area contributed by atoms with Gasteiger partial charge in [-0.15, -0.1) is 6.42 Å². The van der Waals surface area contributed by atoms with Crippen LogP contribution in [0.3, 0.4) is 0 Å². The van der Waals surface area contributed by atoms with E-state index in [1.54, 1.807) is 30.3 Å². The van der Waals surface area contributed by atoms with E-state index in [-0.39, 0.29) is 0 Å². The van der Waals surface area contributed by atoms with E-state index in [0.29, 0.717) is 12.1 Å². The van der Waals surface area contributed by atoms with Gasteiger partial charge in [0.1, 0.15) is 6.54 Å². The number of terminal acetylenes is 1. The predicted molar refractivity (Wildman–Crippen MR) is 77.5 cm³/mol. The van der Waals surface area contributed by atoms with Crippen LogP contribution < -0.4 is 10.2 Å². The summed E-state index contributed by atoms with van der Waals surface area (Å²) in [5, 5.41) is 11.6. The number of aliphatic carboxylic acids is 1. The fourth-order valence-corrected chi connectivity index (χ4v) is 1.74. The van der Waals surface area contributed by atoms with Crippen LogP contribution in [0.25, 0.3) is 0 Å². The Kier molecular flexibility index (Phi) is 6.11. The molecule has 106 valence electrons. The number of nitrogens with zero attached hydrogens (tertiary/aromatic N) is 1. The van der Waals surface area contributed by atoms with Gasteiger partial charge in [0.05, 0.1) is 6.04 Å². The van der Waals surface area contributed by atoms with E-state index in [4.69, 9.17) is 11.5 Å². The van der Waals surface area contributed by atoms with Crippen molar-refractivity contribution in [3.8, 4) is 12.3 Å². The van der Waals surface area contributed by atoms with Gasteiger partial charge in [0.25, 0.3) is 0 Å². The Labute approximate surface area is 118 Å². The van der Waals surface area contributed by atoms with Crippen LogP contribution in [-0.4, -0.2) is 29.7 Å². The van der Waals surface area contributed by atoms with Crippen LogP contribution in [-0.2, 0) is 4.79 Å². The van der Waals surface area contributed by atoms with Crippen molar-refractivity contribution in [3.05, 3.63) is 30.3 Å². The molecule has 0 aliphatic heterocycles. The quantitative estimate of drug-likeness (QED) is 0.780. The zero-order valence-electron chi connectivity index (χ0n) is 11.4. The molecule has 0 radical (unpaired) electrons. The monoisotopic (exact) mass is 274 g/mol. The Hall–Kier alpha value is -2.48. The summed E-state index contributed by atoms with van der Waals surface area (Å²) in [6, 6.07) is 7.72. The fourth-order valence-electron chi connectivity index (χ4n) is 1.74. The Balaban J connectivity index is 2.86. The van der Waals surface area contributed by atoms with E-state index in [2.05, 4.69) is 11.2 Å². The SMILES string of the molecule is C#CC(CCC)NC(=O)N(CC(=O)O)c1ccccc1. The molecule has 1 atom stereocenters. The first-order valence-electron chi connectivity index (χ1n) is 6.39. The van der Waals surface area contributed by atoms with Crippen molar-refractivity contribution in [1.29, 1.82) is 0 Å². The van der Waals surface area contributed by atoms with Gasteiger partial charge in [-0.3, -0.25) is 9.69 Å². The maximum Gasteiger partial charge on any atom is 0.323 e. The highest BCUT2D eigenvalue weighted by atomic mass is 16.4. The van der Waals surface area contributed by atoms with Gasteiger partial charge in [-0.2, -0.15) is 0 Å². The van der Waals surface area contributed by atoms with Gasteiger partial charge in [0.2, 0.25) is 0 Å². The standard InChI is InChI=1S/C15H18N2O3/c1-3-8-12(4-2)16-15(20)17(11-14(18)19)13-9-6-5-7-10-13/h2,5-7,9-10,12H,3,8,11H2,1H3,(H,16,20)(H,18,19). The van der Waals surface area contributed by atoms with E-state index in [1.165, 1.54) is 0 Å². The van der Waals surface area contributed by atoms with Gasteiger partial charge in [-0.05, 0) is 18.6 Å². The molecule has 2 N–H and O–H groups in total. The number of nitrogens with one attached hydrogen (secondary N) is 1. The number of benzene rings is 1. The molecule has 1 rings (SSSR count). The smallest absolute Gasteiger partial charge is 0.323 e. The number of anilines is 1. The number of amides is 2. The van der Waals surface area contributed by atoms with Crippen molar-refractivity contribution >= 4 is 17.7 Å². The molecule has 20 heavy (non-hydrogen) atoms. The number of urea groups is 1. The van der Waals surface area contributed by atoms with Gasteiger partial charge in [-0.25, -0.2) is 4.79 Å². The minimum Gasteiger partial charge on any atom is -0.480 e. The molecule has 0 fully saturated rings. The van der Waals surface area contributed by atoms with Crippen LogP contribution in [0.15, 0.2) is 30.3 Å². The fraction of sp³-hybridized carbons (Fsp3) is 0.333. The van der Waals surface area contributed by atoms with Gasteiger partial charge in [0, 0.05) is 5.69 Å². The van der Waals surface area contributed by atoms with Crippen LogP contribution in [0, 0.1) is 12.3 Å². The van der Waals surface area contributed by atoms with Crippen LogP contribution >= 0.6 is 0 Å². The summed E-state index contributed by atoms with van der Waals surface area (Å²) >= 11 is 0. The summed E-state index contributed by atoms with van der Waals surface area (Å²) in [5.74, 6) is 1.40. The second-order valence-corrected chi connectivity index (χ2v) is 4.27. The lowest BCUT2D eigenvalue weighted by molar-refractivity contribution is -0.135. The van der Waals surface area contributed by atoms with E-state index in [9.17, 15) is 9.59 Å². The topological polar surface area (TPSA) is 69.6 Å². The zero-order chi connectivity index (χ0) is 15.0. The summed E-state index contributed by atoms with van der Waals surface area (Å²) < 4.78 is 0. The summed E-state index contributed by atoms with van der Waals surface area (Å²) in [5.41, 5.74) is 0.514. The van der Waals surface area contributed by atoms with E-state index in [1.807, 2.05) is 6.92 Å². The highest BCUT2D eigenvalue weighted by Gasteiger charge is 2.20. The summed E-state index contributed by atoms with van der Waals surface area (Å²) in [7, 11) is 0. The van der Waals surface area contributed by atoms with Crippen LogP contribution in [0.5, 0.6) is 0 Å². The number of carbonyl (C=O) groups excluding carboxylic acids is 1. The zero-order valence-corrected chi connectivity index (χ0v) is 11.4. The Morgan fingerprint density at radius 1 is 1.40 bits per heavy atom. The lowest BCUT2D eigenvalue weighted by atomic mass is 10.2. The van der Waals surface area contributed by atoms with Gasteiger partial charge in [0.15, 0.2) is 0 Å². The molecule has 0 heterocycles. The van der Waals surface area contributed by atoms with Crippen LogP contribution in [0.2, 0.25) is 0 Å². The molecule has 1 aromatic carbocycles. The first-order valence-corrected chi connectivity index (χ1v) is 6.39. The molecule has 1 unspecified atom stereocenters. The second-order valence-electron chi connectivity index (χ2n) is 4.27. The average molecular weight is 274 g/mol. The van der Waals surface area contributed by atoms with Crippen molar-refractivity contribution in [2.45, 2.75) is 25.8 Å². The predicted octanol–water partition coefficient (Wildman–Crippen LogP) is 2.09. The molecular formula is C15H18N2O3. The third-order valence-corrected chi connectivity index (χ3v) is 2.68. The Bertz CT molecular complexity index is 494. The summed E-state index contributed by atoms with van der Waals surface area (Å²) in [6.45, 7) is 1.54. The van der Waals surface area contributed by atoms with Crippen molar-refractivity contribution in [3.63, 3.8) is 0 Å². The van der Waals surface area contributed by atoms with Crippen molar-refractivity contribution in [2.24, 2.45) is 0 Å². The average Bonchev–Trinajstić information content (AvgIpc) is 2.44. The van der Waals surface area contributed by atoms with Crippen LogP contribution in [0.4, 0.5) is 10.5 Å². The van der Waals surface area contributed by atoms with E-state index in [0.717, 1.165) is 11.3 Å². The Morgan fingerprint density at radius 2 is 2.05 bits per heavy atom. The molecular weight excluding hydrogens is 256 g/mol. The lowest BCUT2D eigenvalue weighted by Crippen LogP contribution is -2.46. The molecule has 2 amide bonds. The molecule has 0 saturated heterocycles. The largest absolute Gasteiger partial charge is 0.480 e. The highest BCUT2D eigenvalue weighted by Crippen LogP contribution is 2.13. The number of para-hydroxylation sites is 1. The lowest BCUT2D eigenvalue weighted by Gasteiger charge is -2.23. The molecule has 5 heteroatoms. The maximum atomic E-state index is 12.2.